The Morgan fingerprint density at radius 3 is 2.90 bits per heavy atom. The highest BCUT2D eigenvalue weighted by Gasteiger charge is 2.18. The van der Waals surface area contributed by atoms with Gasteiger partial charge in [0.05, 0.1) is 6.10 Å². The molecule has 0 heterocycles. The second-order valence-corrected chi connectivity index (χ2v) is 5.23. The molecule has 0 spiro atoms. The normalized spacial score (nSPS) is 17.6. The number of rotatable bonds is 3. The van der Waals surface area contributed by atoms with Gasteiger partial charge in [-0.2, -0.15) is 0 Å². The molecule has 3 nitrogen and oxygen atoms in total. The lowest BCUT2D eigenvalue weighted by Crippen LogP contribution is -2.09. The third-order valence-electron chi connectivity index (χ3n) is 3.72. The Kier molecular flexibility index (Phi) is 3.61. The number of phenols is 1. The fourth-order valence-electron chi connectivity index (χ4n) is 2.65. The number of aromatic hydroxyl groups is 1. The van der Waals surface area contributed by atoms with E-state index in [0.29, 0.717) is 6.61 Å². The number of aryl methyl sites for hydroxylation is 1. The number of ether oxygens (including phenoxy) is 1. The minimum atomic E-state index is -0.372. The average molecular weight is 270 g/mol. The summed E-state index contributed by atoms with van der Waals surface area (Å²) in [6, 6.07) is 12.9. The molecule has 1 aliphatic rings. The average Bonchev–Trinajstić information content (AvgIpc) is 2.46. The zero-order chi connectivity index (χ0) is 13.9. The molecule has 0 radical (unpaired) electrons. The van der Waals surface area contributed by atoms with Crippen LogP contribution in [0.25, 0.3) is 0 Å². The van der Waals surface area contributed by atoms with Gasteiger partial charge in [-0.15, -0.1) is 0 Å². The summed E-state index contributed by atoms with van der Waals surface area (Å²) >= 11 is 0. The molecule has 2 aromatic rings. The third kappa shape index (κ3) is 2.78. The Balaban J connectivity index is 1.73. The molecule has 0 saturated carbocycles. The second-order valence-electron chi connectivity index (χ2n) is 5.23. The summed E-state index contributed by atoms with van der Waals surface area (Å²) in [5.41, 5.74) is 3.13. The summed E-state index contributed by atoms with van der Waals surface area (Å²) in [6.07, 6.45) is 2.52. The molecular formula is C17H18O3. The lowest BCUT2D eigenvalue weighted by Gasteiger charge is -2.22. The summed E-state index contributed by atoms with van der Waals surface area (Å²) in [5.74, 6) is 1.00. The number of aliphatic hydroxyl groups is 1. The van der Waals surface area contributed by atoms with Crippen LogP contribution in [0, 0.1) is 0 Å². The highest BCUT2D eigenvalue weighted by Crippen LogP contribution is 2.32. The Morgan fingerprint density at radius 2 is 2.05 bits per heavy atom. The van der Waals surface area contributed by atoms with Crippen molar-refractivity contribution in [3.63, 3.8) is 0 Å². The topological polar surface area (TPSA) is 49.7 Å². The van der Waals surface area contributed by atoms with Crippen LogP contribution in [0.5, 0.6) is 11.5 Å². The molecule has 104 valence electrons. The van der Waals surface area contributed by atoms with Gasteiger partial charge in [0.25, 0.3) is 0 Å². The third-order valence-corrected chi connectivity index (χ3v) is 3.72. The van der Waals surface area contributed by atoms with Crippen molar-refractivity contribution in [1.29, 1.82) is 0 Å². The van der Waals surface area contributed by atoms with Crippen LogP contribution in [0.15, 0.2) is 42.5 Å². The van der Waals surface area contributed by atoms with Gasteiger partial charge >= 0.3 is 0 Å². The van der Waals surface area contributed by atoms with E-state index < -0.39 is 0 Å². The molecule has 1 atom stereocenters. The zero-order valence-corrected chi connectivity index (χ0v) is 11.2. The standard InChI is InChI=1S/C17H18O3/c18-14-5-1-3-12(9-14)11-20-15-8-7-13-4-2-6-17(19)16(13)10-15/h1,3,5,7-10,17-19H,2,4,6,11H2/t17-/m0/s1. The monoisotopic (exact) mass is 270 g/mol. The Morgan fingerprint density at radius 1 is 1.15 bits per heavy atom. The Hall–Kier alpha value is -2.00. The maximum atomic E-state index is 10.0. The maximum absolute atomic E-state index is 10.0. The molecule has 1 aliphatic carbocycles. The molecule has 20 heavy (non-hydrogen) atoms. The van der Waals surface area contributed by atoms with Crippen molar-refractivity contribution in [3.05, 3.63) is 59.2 Å². The first-order chi connectivity index (χ1) is 9.72. The van der Waals surface area contributed by atoms with Crippen LogP contribution in [-0.4, -0.2) is 10.2 Å². The van der Waals surface area contributed by atoms with Crippen LogP contribution in [0.3, 0.4) is 0 Å². The van der Waals surface area contributed by atoms with Crippen LogP contribution >= 0.6 is 0 Å². The summed E-state index contributed by atoms with van der Waals surface area (Å²) in [7, 11) is 0. The summed E-state index contributed by atoms with van der Waals surface area (Å²) < 4.78 is 5.74. The molecule has 3 heteroatoms. The molecule has 0 amide bonds. The van der Waals surface area contributed by atoms with Crippen molar-refractivity contribution in [2.45, 2.75) is 32.0 Å². The van der Waals surface area contributed by atoms with Gasteiger partial charge in [-0.3, -0.25) is 0 Å². The van der Waals surface area contributed by atoms with Crippen LogP contribution in [0.4, 0.5) is 0 Å². The number of fused-ring (bicyclic) bond motifs is 1. The number of hydrogen-bond acceptors (Lipinski definition) is 3. The molecule has 2 N–H and O–H groups in total. The summed E-state index contributed by atoms with van der Waals surface area (Å²) in [4.78, 5) is 0. The zero-order valence-electron chi connectivity index (χ0n) is 11.2. The molecule has 2 aromatic carbocycles. The van der Waals surface area contributed by atoms with Crippen molar-refractivity contribution in [3.8, 4) is 11.5 Å². The summed E-state index contributed by atoms with van der Waals surface area (Å²) in [6.45, 7) is 0.406. The maximum Gasteiger partial charge on any atom is 0.120 e. The van der Waals surface area contributed by atoms with E-state index >= 15 is 0 Å². The van der Waals surface area contributed by atoms with E-state index in [9.17, 15) is 10.2 Å². The highest BCUT2D eigenvalue weighted by atomic mass is 16.5. The van der Waals surface area contributed by atoms with E-state index in [-0.39, 0.29) is 11.9 Å². The van der Waals surface area contributed by atoms with E-state index in [1.807, 2.05) is 24.3 Å². The predicted molar refractivity (Wildman–Crippen MR) is 76.8 cm³/mol. The van der Waals surface area contributed by atoms with E-state index in [1.165, 1.54) is 5.56 Å². The van der Waals surface area contributed by atoms with Crippen molar-refractivity contribution in [2.75, 3.05) is 0 Å². The van der Waals surface area contributed by atoms with Crippen LogP contribution in [0.1, 0.15) is 35.6 Å². The van der Waals surface area contributed by atoms with Gasteiger partial charge in [-0.1, -0.05) is 18.2 Å². The molecule has 0 bridgehead atoms. The Labute approximate surface area is 118 Å². The first kappa shape index (κ1) is 13.0. The Bertz CT molecular complexity index is 607. The first-order valence-corrected chi connectivity index (χ1v) is 6.94. The summed E-state index contributed by atoms with van der Waals surface area (Å²) in [5, 5.41) is 19.4. The van der Waals surface area contributed by atoms with Gasteiger partial charge in [-0.25, -0.2) is 0 Å². The molecule has 0 aliphatic heterocycles. The van der Waals surface area contributed by atoms with E-state index in [4.69, 9.17) is 4.74 Å². The van der Waals surface area contributed by atoms with Crippen LogP contribution < -0.4 is 4.74 Å². The second kappa shape index (κ2) is 5.55. The van der Waals surface area contributed by atoms with E-state index in [0.717, 1.165) is 36.1 Å². The van der Waals surface area contributed by atoms with Crippen LogP contribution in [0.2, 0.25) is 0 Å². The van der Waals surface area contributed by atoms with Gasteiger partial charge < -0.3 is 14.9 Å². The van der Waals surface area contributed by atoms with Crippen molar-refractivity contribution < 1.29 is 14.9 Å². The lowest BCUT2D eigenvalue weighted by molar-refractivity contribution is 0.156. The fraction of sp³-hybridized carbons (Fsp3) is 0.294. The smallest absolute Gasteiger partial charge is 0.120 e. The highest BCUT2D eigenvalue weighted by molar-refractivity contribution is 5.38. The van der Waals surface area contributed by atoms with Gasteiger partial charge in [0.15, 0.2) is 0 Å². The van der Waals surface area contributed by atoms with Crippen molar-refractivity contribution in [2.24, 2.45) is 0 Å². The van der Waals surface area contributed by atoms with Crippen LogP contribution in [-0.2, 0) is 13.0 Å². The number of hydrogen-bond donors (Lipinski definition) is 2. The number of aliphatic hydroxyl groups excluding tert-OH is 1. The molecule has 3 rings (SSSR count). The lowest BCUT2D eigenvalue weighted by atomic mass is 9.89. The fourth-order valence-corrected chi connectivity index (χ4v) is 2.65. The molecule has 0 unspecified atom stereocenters. The van der Waals surface area contributed by atoms with Crippen molar-refractivity contribution >= 4 is 0 Å². The van der Waals surface area contributed by atoms with Gasteiger partial charge in [0.2, 0.25) is 0 Å². The molecule has 0 aromatic heterocycles. The SMILES string of the molecule is Oc1cccc(COc2ccc3c(c2)[C@@H](O)CCC3)c1. The predicted octanol–water partition coefficient (Wildman–Crippen LogP) is 3.34. The molecule has 0 fully saturated rings. The van der Waals surface area contributed by atoms with Crippen molar-refractivity contribution in [1.82, 2.24) is 0 Å². The minimum absolute atomic E-state index is 0.243. The number of phenolic OH excluding ortho intramolecular Hbond substituents is 1. The van der Waals surface area contributed by atoms with E-state index in [1.54, 1.807) is 18.2 Å². The quantitative estimate of drug-likeness (QED) is 0.899. The number of benzene rings is 2. The first-order valence-electron chi connectivity index (χ1n) is 6.94. The van der Waals surface area contributed by atoms with Gasteiger partial charge in [0, 0.05) is 0 Å². The molecular weight excluding hydrogens is 252 g/mol. The van der Waals surface area contributed by atoms with E-state index in [2.05, 4.69) is 0 Å². The van der Waals surface area contributed by atoms with Gasteiger partial charge in [-0.05, 0) is 60.2 Å². The van der Waals surface area contributed by atoms with Gasteiger partial charge in [0.1, 0.15) is 18.1 Å². The molecule has 0 saturated heterocycles. The minimum Gasteiger partial charge on any atom is -0.508 e. The largest absolute Gasteiger partial charge is 0.508 e.